The maximum atomic E-state index is 14.1. The molecule has 0 saturated carbocycles. The van der Waals surface area contributed by atoms with Crippen molar-refractivity contribution in [2.45, 2.75) is 39.8 Å². The predicted molar refractivity (Wildman–Crippen MR) is 73.0 cm³/mol. The number of hydrogen-bond acceptors (Lipinski definition) is 4. The van der Waals surface area contributed by atoms with Crippen molar-refractivity contribution in [3.8, 4) is 0 Å². The molecule has 0 bridgehead atoms. The molecule has 2 unspecified atom stereocenters. The minimum Gasteiger partial charge on any atom is -0.464 e. The van der Waals surface area contributed by atoms with Crippen molar-refractivity contribution in [1.82, 2.24) is 0 Å². The largest absolute Gasteiger partial charge is 0.464 e. The molecule has 16 heteroatoms. The Labute approximate surface area is 159 Å². The van der Waals surface area contributed by atoms with E-state index >= 15 is 0 Å². The van der Waals surface area contributed by atoms with E-state index < -0.39 is 57.3 Å². The molecule has 0 aliphatic heterocycles. The summed E-state index contributed by atoms with van der Waals surface area (Å²) in [4.78, 5) is 28.0. The van der Waals surface area contributed by atoms with E-state index in [-0.39, 0.29) is 7.11 Å². The first kappa shape index (κ1) is 26.1. The van der Waals surface area contributed by atoms with Crippen LogP contribution in [0.1, 0.15) is 6.92 Å². The number of hydrogen-bond donors (Lipinski definition) is 0. The predicted octanol–water partition coefficient (Wildman–Crippen LogP) is 3.98. The Kier molecular flexibility index (Phi) is 6.90. The molecule has 27 heavy (non-hydrogen) atoms. The third-order valence-corrected chi connectivity index (χ3v) is 5.00. The van der Waals surface area contributed by atoms with Gasteiger partial charge in [0.05, 0.1) is 7.11 Å². The number of halogens is 12. The lowest BCUT2D eigenvalue weighted by Gasteiger charge is -2.35. The lowest BCUT2D eigenvalue weighted by molar-refractivity contribution is -0.236. The molecular formula is C11H6Br2F10O4. The zero-order valence-electron chi connectivity index (χ0n) is 12.7. The highest BCUT2D eigenvalue weighted by Crippen LogP contribution is 2.51. The Bertz CT molecular complexity index is 642. The first-order valence-electron chi connectivity index (χ1n) is 5.99. The van der Waals surface area contributed by atoms with Crippen LogP contribution in [0.2, 0.25) is 0 Å². The van der Waals surface area contributed by atoms with Crippen molar-refractivity contribution in [2.24, 2.45) is 0 Å². The molecule has 0 rings (SSSR count). The van der Waals surface area contributed by atoms with Gasteiger partial charge in [-0.25, -0.2) is 13.6 Å². The summed E-state index contributed by atoms with van der Waals surface area (Å²) in [6.07, 6.45) is 0. The highest BCUT2D eigenvalue weighted by molar-refractivity contribution is 9.13. The van der Waals surface area contributed by atoms with E-state index in [4.69, 9.17) is 0 Å². The summed E-state index contributed by atoms with van der Waals surface area (Å²) in [5.74, 6) is -30.0. The van der Waals surface area contributed by atoms with Crippen LogP contribution in [-0.2, 0) is 19.1 Å². The average Bonchev–Trinajstić information content (AvgIpc) is 2.50. The number of carbonyl (C=O) groups is 3. The quantitative estimate of drug-likeness (QED) is 0.260. The zero-order chi connectivity index (χ0) is 22.4. The molecule has 0 spiro atoms. The fraction of sp³-hybridized carbons (Fsp3) is 0.727. The monoisotopic (exact) mass is 550 g/mol. The van der Waals surface area contributed by atoms with Crippen molar-refractivity contribution in [3.63, 3.8) is 0 Å². The molecule has 0 radical (unpaired) electrons. The number of rotatable bonds is 8. The topological polar surface area (TPSA) is 60.4 Å². The molecule has 0 amide bonds. The van der Waals surface area contributed by atoms with E-state index in [0.717, 1.165) is 15.9 Å². The van der Waals surface area contributed by atoms with Gasteiger partial charge in [0.1, 0.15) is 0 Å². The Morgan fingerprint density at radius 1 is 0.704 bits per heavy atom. The molecule has 4 nitrogen and oxygen atoms in total. The van der Waals surface area contributed by atoms with E-state index in [9.17, 15) is 58.3 Å². The van der Waals surface area contributed by atoms with Crippen LogP contribution in [0, 0.1) is 0 Å². The van der Waals surface area contributed by atoms with Gasteiger partial charge in [0.15, 0.2) is 0 Å². The first-order valence-corrected chi connectivity index (χ1v) is 7.58. The van der Waals surface area contributed by atoms with Crippen molar-refractivity contribution in [1.29, 1.82) is 0 Å². The minimum absolute atomic E-state index is 0.129. The zero-order valence-corrected chi connectivity index (χ0v) is 15.8. The molecule has 0 heterocycles. The molecule has 158 valence electrons. The first-order chi connectivity index (χ1) is 11.5. The van der Waals surface area contributed by atoms with Crippen LogP contribution < -0.4 is 0 Å². The van der Waals surface area contributed by atoms with E-state index in [1.807, 2.05) is 0 Å². The molecular weight excluding hydrogens is 546 g/mol. The molecule has 0 saturated heterocycles. The Morgan fingerprint density at radius 2 is 1.07 bits per heavy atom. The fourth-order valence-electron chi connectivity index (χ4n) is 1.38. The van der Waals surface area contributed by atoms with Gasteiger partial charge in [-0.15, -0.1) is 0 Å². The number of ketones is 2. The summed E-state index contributed by atoms with van der Waals surface area (Å²) < 4.78 is 133. The van der Waals surface area contributed by atoms with Crippen LogP contribution >= 0.6 is 31.9 Å². The Hall–Kier alpha value is -0.930. The van der Waals surface area contributed by atoms with Gasteiger partial charge in [0, 0.05) is 0 Å². The van der Waals surface area contributed by atoms with Gasteiger partial charge in [0.2, 0.25) is 5.67 Å². The van der Waals surface area contributed by atoms with Crippen molar-refractivity contribution in [3.05, 3.63) is 0 Å². The number of methoxy groups -OCH3 is 1. The lowest BCUT2D eigenvalue weighted by atomic mass is 9.85. The van der Waals surface area contributed by atoms with Crippen LogP contribution in [0.3, 0.4) is 0 Å². The van der Waals surface area contributed by atoms with E-state index in [2.05, 4.69) is 4.74 Å². The van der Waals surface area contributed by atoms with Gasteiger partial charge in [0.25, 0.3) is 11.6 Å². The maximum absolute atomic E-state index is 14.1. The van der Waals surface area contributed by atoms with Gasteiger partial charge < -0.3 is 4.74 Å². The van der Waals surface area contributed by atoms with E-state index in [0.29, 0.717) is 0 Å². The normalized spacial score (nSPS) is 18.3. The summed E-state index contributed by atoms with van der Waals surface area (Å²) in [5.41, 5.74) is -5.66. The third-order valence-electron chi connectivity index (χ3n) is 3.06. The van der Waals surface area contributed by atoms with Gasteiger partial charge in [-0.05, 0) is 38.8 Å². The SMILES string of the molecule is COC(=O)C(F)(F)C(F)(F)C(=O)C(C)(F)C(F)(F)C(=O)C(F)(Br)C(F)(F)Br. The van der Waals surface area contributed by atoms with Gasteiger partial charge >= 0.3 is 33.1 Å². The summed E-state index contributed by atoms with van der Waals surface area (Å²) in [5, 5.41) is 0. The van der Waals surface area contributed by atoms with Crippen molar-refractivity contribution < 1.29 is 63.0 Å². The Balaban J connectivity index is 6.30. The standard InChI is InChI=1S/C11H6Br2F10O4/c1-6(14,3(24)9(18,19)10(20,21)5(26)27-2)8(16,17)4(25)7(12,15)11(13,22)23/h1-2H3. The molecule has 0 aromatic carbocycles. The van der Waals surface area contributed by atoms with Gasteiger partial charge in [-0.2, -0.15) is 35.1 Å². The van der Waals surface area contributed by atoms with E-state index in [1.165, 1.54) is 15.9 Å². The van der Waals surface area contributed by atoms with E-state index in [1.54, 1.807) is 0 Å². The van der Waals surface area contributed by atoms with Gasteiger partial charge in [-0.1, -0.05) is 0 Å². The van der Waals surface area contributed by atoms with Crippen LogP contribution in [0.4, 0.5) is 43.9 Å². The summed E-state index contributed by atoms with van der Waals surface area (Å²) >= 11 is 2.34. The molecule has 2 atom stereocenters. The molecule has 0 N–H and O–H groups in total. The molecule has 0 aromatic heterocycles. The molecule has 0 aliphatic carbocycles. The second-order valence-corrected chi connectivity index (χ2v) is 7.04. The van der Waals surface area contributed by atoms with Crippen LogP contribution in [0.5, 0.6) is 0 Å². The van der Waals surface area contributed by atoms with Crippen molar-refractivity contribution >= 4 is 49.4 Å². The average molecular weight is 552 g/mol. The molecule has 0 aliphatic rings. The smallest absolute Gasteiger partial charge is 0.411 e. The second-order valence-electron chi connectivity index (χ2n) is 4.95. The van der Waals surface area contributed by atoms with Crippen LogP contribution in [-0.4, -0.2) is 57.5 Å². The Morgan fingerprint density at radius 3 is 1.37 bits per heavy atom. The highest BCUT2D eigenvalue weighted by atomic mass is 79.9. The molecule has 0 aromatic rings. The number of Topliss-reactive ketones (excluding diaryl/α,β-unsaturated/α-hetero) is 2. The summed E-state index contributed by atoms with van der Waals surface area (Å²) in [6.45, 7) is -0.857. The van der Waals surface area contributed by atoms with Crippen molar-refractivity contribution in [2.75, 3.05) is 7.11 Å². The van der Waals surface area contributed by atoms with Gasteiger partial charge in [-0.3, -0.25) is 9.59 Å². The minimum atomic E-state index is -6.53. The summed E-state index contributed by atoms with van der Waals surface area (Å²) in [6, 6.07) is 0. The number of esters is 1. The summed E-state index contributed by atoms with van der Waals surface area (Å²) in [7, 11) is 0.129. The second kappa shape index (κ2) is 7.15. The highest BCUT2D eigenvalue weighted by Gasteiger charge is 2.78. The molecule has 0 fully saturated rings. The number of ether oxygens (including phenoxy) is 1. The number of carbonyl (C=O) groups excluding carboxylic acids is 3. The van der Waals surface area contributed by atoms with Crippen LogP contribution in [0.25, 0.3) is 0 Å². The van der Waals surface area contributed by atoms with Crippen LogP contribution in [0.15, 0.2) is 0 Å². The lowest BCUT2D eigenvalue weighted by Crippen LogP contribution is -2.66. The maximum Gasteiger partial charge on any atom is 0.411 e. The number of alkyl halides is 12. The fourth-order valence-corrected chi connectivity index (χ4v) is 1.80. The third kappa shape index (κ3) is 3.96.